The van der Waals surface area contributed by atoms with Crippen LogP contribution in [0.5, 0.6) is 5.75 Å². The van der Waals surface area contributed by atoms with Gasteiger partial charge < -0.3 is 30.5 Å². The number of aliphatic hydroxyl groups is 3. The van der Waals surface area contributed by atoms with Crippen molar-refractivity contribution in [2.45, 2.75) is 31.1 Å². The summed E-state index contributed by atoms with van der Waals surface area (Å²) in [5, 5.41) is 37.7. The molecule has 3 aromatic rings. The van der Waals surface area contributed by atoms with Gasteiger partial charge in [0.25, 0.3) is 5.95 Å². The monoisotopic (exact) mass is 415 g/mol. The molecule has 1 saturated heterocycles. The average molecular weight is 415 g/mol. The van der Waals surface area contributed by atoms with Crippen LogP contribution in [0, 0.1) is 0 Å². The summed E-state index contributed by atoms with van der Waals surface area (Å²) in [5.74, 6) is 0.848. The van der Waals surface area contributed by atoms with E-state index in [0.717, 1.165) is 11.3 Å². The summed E-state index contributed by atoms with van der Waals surface area (Å²) in [4.78, 5) is 12.5. The normalized spacial score (nSPS) is 24.1. The molecule has 1 aliphatic heterocycles. The number of rotatable bonds is 6. The van der Waals surface area contributed by atoms with E-state index in [0.29, 0.717) is 12.1 Å². The molecule has 0 aliphatic carbocycles. The first-order valence-electron chi connectivity index (χ1n) is 9.14. The Kier molecular flexibility index (Phi) is 5.55. The Morgan fingerprint density at radius 2 is 1.97 bits per heavy atom. The molecule has 1 aromatic carbocycles. The van der Waals surface area contributed by atoms with Crippen LogP contribution in [0.4, 0.5) is 11.8 Å². The van der Waals surface area contributed by atoms with Gasteiger partial charge in [-0.25, -0.2) is 4.98 Å². The number of anilines is 1. The smallest absolute Gasteiger partial charge is 0.272 e. The number of aliphatic hydroxyl groups excluding tert-OH is 3. The van der Waals surface area contributed by atoms with Crippen LogP contribution in [-0.2, 0) is 11.3 Å². The van der Waals surface area contributed by atoms with Gasteiger partial charge in [0.15, 0.2) is 17.7 Å². The number of nitrogen functional groups attached to an aromatic ring is 1. The lowest BCUT2D eigenvalue weighted by Crippen LogP contribution is -2.33. The third kappa shape index (κ3) is 3.68. The second-order valence-corrected chi connectivity index (χ2v) is 6.71. The molecule has 1 fully saturated rings. The Morgan fingerprint density at radius 3 is 2.63 bits per heavy atom. The fraction of sp³-hybridized carbons (Fsp3) is 0.389. The highest BCUT2D eigenvalue weighted by Gasteiger charge is 2.44. The van der Waals surface area contributed by atoms with Gasteiger partial charge in [0.1, 0.15) is 29.6 Å². The van der Waals surface area contributed by atoms with E-state index in [9.17, 15) is 15.3 Å². The van der Waals surface area contributed by atoms with Crippen molar-refractivity contribution in [3.8, 4) is 5.75 Å². The van der Waals surface area contributed by atoms with Gasteiger partial charge in [-0.05, 0) is 17.7 Å². The lowest BCUT2D eigenvalue weighted by atomic mass is 10.1. The lowest BCUT2D eigenvalue weighted by Gasteiger charge is -2.16. The van der Waals surface area contributed by atoms with Crippen molar-refractivity contribution in [2.24, 2.45) is 10.2 Å². The molecule has 4 atom stereocenters. The van der Waals surface area contributed by atoms with E-state index in [-0.39, 0.29) is 17.4 Å². The number of benzene rings is 1. The van der Waals surface area contributed by atoms with E-state index in [1.54, 1.807) is 7.11 Å². The molecular formula is C18H21N7O5. The minimum absolute atomic E-state index is 0.0157. The first-order valence-corrected chi connectivity index (χ1v) is 9.14. The van der Waals surface area contributed by atoms with E-state index in [1.165, 1.54) is 10.9 Å². The summed E-state index contributed by atoms with van der Waals surface area (Å²) in [7, 11) is 1.59. The van der Waals surface area contributed by atoms with Crippen LogP contribution in [0.1, 0.15) is 11.8 Å². The van der Waals surface area contributed by atoms with E-state index < -0.39 is 31.1 Å². The van der Waals surface area contributed by atoms with Crippen LogP contribution in [0.25, 0.3) is 11.2 Å². The zero-order valence-electron chi connectivity index (χ0n) is 16.0. The number of imidazole rings is 1. The highest BCUT2D eigenvalue weighted by atomic mass is 16.6. The van der Waals surface area contributed by atoms with Gasteiger partial charge in [-0.15, -0.1) is 5.11 Å². The van der Waals surface area contributed by atoms with Gasteiger partial charge in [0.05, 0.1) is 26.6 Å². The molecule has 0 amide bonds. The molecular weight excluding hydrogens is 394 g/mol. The van der Waals surface area contributed by atoms with Crippen LogP contribution in [0.15, 0.2) is 40.8 Å². The van der Waals surface area contributed by atoms with Gasteiger partial charge in [-0.1, -0.05) is 12.1 Å². The zero-order chi connectivity index (χ0) is 21.3. The summed E-state index contributed by atoms with van der Waals surface area (Å²) in [6.07, 6.45) is -3.09. The minimum Gasteiger partial charge on any atom is -0.497 e. The number of nitrogens with zero attached hydrogens (tertiary/aromatic N) is 6. The topological polar surface area (TPSA) is 173 Å². The number of fused-ring (bicyclic) bond motifs is 1. The molecule has 0 spiro atoms. The molecule has 4 rings (SSSR count). The van der Waals surface area contributed by atoms with Gasteiger partial charge in [-0.2, -0.15) is 15.1 Å². The Balaban J connectivity index is 1.58. The first kappa shape index (κ1) is 20.1. The van der Waals surface area contributed by atoms with Crippen molar-refractivity contribution < 1.29 is 24.8 Å². The van der Waals surface area contributed by atoms with Gasteiger partial charge in [0, 0.05) is 0 Å². The molecule has 30 heavy (non-hydrogen) atoms. The molecule has 2 aromatic heterocycles. The molecule has 0 bridgehead atoms. The van der Waals surface area contributed by atoms with Crippen molar-refractivity contribution in [3.05, 3.63) is 36.2 Å². The first-order chi connectivity index (χ1) is 14.5. The maximum absolute atomic E-state index is 10.3. The average Bonchev–Trinajstić information content (AvgIpc) is 3.30. The summed E-state index contributed by atoms with van der Waals surface area (Å²) < 4.78 is 12.1. The third-order valence-corrected chi connectivity index (χ3v) is 4.80. The summed E-state index contributed by atoms with van der Waals surface area (Å²) in [6, 6.07) is 7.38. The molecule has 0 saturated carbocycles. The molecule has 12 nitrogen and oxygen atoms in total. The third-order valence-electron chi connectivity index (χ3n) is 4.80. The zero-order valence-corrected chi connectivity index (χ0v) is 16.0. The summed E-state index contributed by atoms with van der Waals surface area (Å²) in [5.41, 5.74) is 7.44. The summed E-state index contributed by atoms with van der Waals surface area (Å²) >= 11 is 0. The standard InChI is InChI=1S/C18H21N7O5/c1-29-10-4-2-9(3-5-10)6-21-24-18-22-15(19)12-16(23-18)25(8-20-12)17-14(28)13(27)11(7-26)30-17/h2-5,8,11,13-14,17,26-28H,6-7H2,1H3,(H2,19,22,23)/t11-,13-,14-,17?/m1/s1. The summed E-state index contributed by atoms with van der Waals surface area (Å²) in [6.45, 7) is -0.136. The van der Waals surface area contributed by atoms with E-state index in [2.05, 4.69) is 25.2 Å². The van der Waals surface area contributed by atoms with Crippen molar-refractivity contribution in [2.75, 3.05) is 19.5 Å². The van der Waals surface area contributed by atoms with Gasteiger partial charge >= 0.3 is 0 Å². The molecule has 3 heterocycles. The van der Waals surface area contributed by atoms with E-state index in [1.807, 2.05) is 24.3 Å². The van der Waals surface area contributed by atoms with Crippen LogP contribution in [0.3, 0.4) is 0 Å². The molecule has 1 aliphatic rings. The lowest BCUT2D eigenvalue weighted by molar-refractivity contribution is -0.0511. The van der Waals surface area contributed by atoms with Crippen molar-refractivity contribution in [3.63, 3.8) is 0 Å². The van der Waals surface area contributed by atoms with Crippen molar-refractivity contribution in [1.29, 1.82) is 0 Å². The predicted molar refractivity (Wildman–Crippen MR) is 104 cm³/mol. The minimum atomic E-state index is -1.28. The number of methoxy groups -OCH3 is 1. The predicted octanol–water partition coefficient (Wildman–Crippen LogP) is 0.312. The number of ether oxygens (including phenoxy) is 2. The maximum Gasteiger partial charge on any atom is 0.272 e. The van der Waals surface area contributed by atoms with Crippen molar-refractivity contribution in [1.82, 2.24) is 19.5 Å². The maximum atomic E-state index is 10.3. The Hall–Kier alpha value is -3.19. The highest BCUT2D eigenvalue weighted by Crippen LogP contribution is 2.32. The molecule has 0 radical (unpaired) electrons. The Labute approximate surface area is 170 Å². The second-order valence-electron chi connectivity index (χ2n) is 6.71. The molecule has 5 N–H and O–H groups in total. The highest BCUT2D eigenvalue weighted by molar-refractivity contribution is 5.82. The van der Waals surface area contributed by atoms with Crippen LogP contribution in [0.2, 0.25) is 0 Å². The SMILES string of the molecule is COc1ccc(CN=Nc2nc(N)c3ncn(C4O[C@H](CO)[C@@H](O)[C@H]4O)c3n2)cc1. The van der Waals surface area contributed by atoms with Crippen LogP contribution in [-0.4, -0.2) is 66.9 Å². The Bertz CT molecular complexity index is 1060. The number of nitrogens with two attached hydrogens (primary N) is 1. The fourth-order valence-electron chi connectivity index (χ4n) is 3.18. The Morgan fingerprint density at radius 1 is 1.20 bits per heavy atom. The van der Waals surface area contributed by atoms with Crippen molar-refractivity contribution >= 4 is 22.9 Å². The number of azo groups is 1. The number of hydrogen-bond donors (Lipinski definition) is 4. The fourth-order valence-corrected chi connectivity index (χ4v) is 3.18. The van der Waals surface area contributed by atoms with E-state index in [4.69, 9.17) is 15.2 Å². The van der Waals surface area contributed by atoms with E-state index >= 15 is 0 Å². The quantitative estimate of drug-likeness (QED) is 0.413. The van der Waals surface area contributed by atoms with Crippen LogP contribution < -0.4 is 10.5 Å². The molecule has 12 heteroatoms. The number of aromatic nitrogens is 4. The molecule has 1 unspecified atom stereocenters. The number of hydrogen-bond acceptors (Lipinski definition) is 11. The molecule has 158 valence electrons. The van der Waals surface area contributed by atoms with Gasteiger partial charge in [0.2, 0.25) is 0 Å². The largest absolute Gasteiger partial charge is 0.497 e. The van der Waals surface area contributed by atoms with Crippen LogP contribution >= 0.6 is 0 Å². The second kappa shape index (κ2) is 8.28. The van der Waals surface area contributed by atoms with Gasteiger partial charge in [-0.3, -0.25) is 4.57 Å².